The number of piperidine rings is 1. The molecule has 0 aromatic heterocycles. The molecule has 1 nitrogen and oxygen atoms in total. The first-order valence-corrected chi connectivity index (χ1v) is 7.09. The van der Waals surface area contributed by atoms with Gasteiger partial charge >= 0.3 is 0 Å². The maximum Gasteiger partial charge on any atom is 0.0178 e. The summed E-state index contributed by atoms with van der Waals surface area (Å²) >= 11 is 3.53. The fraction of sp³-hybridized carbons (Fsp3) is 0.571. The van der Waals surface area contributed by atoms with Crippen LogP contribution in [-0.4, -0.2) is 24.0 Å². The molecule has 2 aliphatic rings. The van der Waals surface area contributed by atoms with Crippen LogP contribution in [0.1, 0.15) is 24.8 Å². The molecule has 2 atom stereocenters. The number of likely N-dealkylation sites (tertiary alicyclic amines) is 1. The Morgan fingerprint density at radius 1 is 1.31 bits per heavy atom. The third-order valence-corrected chi connectivity index (χ3v) is 4.59. The molecular weight excluding hydrogens is 262 g/mol. The molecule has 2 bridgehead atoms. The van der Waals surface area contributed by atoms with Crippen molar-refractivity contribution >= 4 is 15.9 Å². The zero-order chi connectivity index (χ0) is 11.0. The van der Waals surface area contributed by atoms with Crippen LogP contribution in [0.3, 0.4) is 0 Å². The number of fused-ring (bicyclic) bond motifs is 2. The van der Waals surface area contributed by atoms with E-state index in [9.17, 15) is 0 Å². The summed E-state index contributed by atoms with van der Waals surface area (Å²) in [4.78, 5) is 2.70. The number of nitrogens with zero attached hydrogens (tertiary/aromatic N) is 1. The van der Waals surface area contributed by atoms with Gasteiger partial charge in [0.1, 0.15) is 0 Å². The van der Waals surface area contributed by atoms with E-state index in [2.05, 4.69) is 45.1 Å². The second-order valence-corrected chi connectivity index (χ2v) is 6.12. The molecule has 3 rings (SSSR count). The van der Waals surface area contributed by atoms with Crippen molar-refractivity contribution in [1.29, 1.82) is 0 Å². The highest BCUT2D eigenvalue weighted by atomic mass is 79.9. The first kappa shape index (κ1) is 10.8. The predicted molar refractivity (Wildman–Crippen MR) is 70.5 cm³/mol. The van der Waals surface area contributed by atoms with Gasteiger partial charge in [0.2, 0.25) is 0 Å². The minimum atomic E-state index is 0.914. The summed E-state index contributed by atoms with van der Waals surface area (Å²) in [6.07, 6.45) is 5.60. The van der Waals surface area contributed by atoms with Crippen LogP contribution in [-0.2, 0) is 6.42 Å². The van der Waals surface area contributed by atoms with Crippen LogP contribution in [0.4, 0.5) is 0 Å². The molecule has 1 saturated heterocycles. The largest absolute Gasteiger partial charge is 0.300 e. The number of rotatable bonds is 3. The van der Waals surface area contributed by atoms with Gasteiger partial charge < -0.3 is 0 Å². The molecule has 2 heteroatoms. The summed E-state index contributed by atoms with van der Waals surface area (Å²) in [5.41, 5.74) is 1.46. The molecule has 1 saturated carbocycles. The zero-order valence-corrected chi connectivity index (χ0v) is 11.1. The Balaban J connectivity index is 1.57. The molecule has 86 valence electrons. The van der Waals surface area contributed by atoms with Gasteiger partial charge in [0.25, 0.3) is 0 Å². The van der Waals surface area contributed by atoms with Crippen LogP contribution in [0.5, 0.6) is 0 Å². The monoisotopic (exact) mass is 279 g/mol. The van der Waals surface area contributed by atoms with E-state index in [0.717, 1.165) is 12.0 Å². The third kappa shape index (κ3) is 2.18. The molecule has 0 amide bonds. The molecule has 1 aliphatic carbocycles. The van der Waals surface area contributed by atoms with E-state index in [4.69, 9.17) is 0 Å². The van der Waals surface area contributed by atoms with Crippen molar-refractivity contribution in [2.24, 2.45) is 5.92 Å². The highest BCUT2D eigenvalue weighted by Crippen LogP contribution is 2.37. The number of hydrogen-bond donors (Lipinski definition) is 0. The Bertz CT molecular complexity index is 377. The summed E-state index contributed by atoms with van der Waals surface area (Å²) in [6, 6.07) is 9.63. The first-order chi connectivity index (χ1) is 7.81. The summed E-state index contributed by atoms with van der Waals surface area (Å²) in [5.74, 6) is 1.02. The minimum absolute atomic E-state index is 0.914. The fourth-order valence-corrected chi connectivity index (χ4v) is 3.71. The van der Waals surface area contributed by atoms with Crippen molar-refractivity contribution in [3.8, 4) is 0 Å². The fourth-order valence-electron chi connectivity index (χ4n) is 3.27. The normalized spacial score (nSPS) is 28.8. The lowest BCUT2D eigenvalue weighted by Crippen LogP contribution is -2.33. The highest BCUT2D eigenvalue weighted by molar-refractivity contribution is 9.10. The Morgan fingerprint density at radius 2 is 2.25 bits per heavy atom. The second-order valence-electron chi connectivity index (χ2n) is 5.21. The van der Waals surface area contributed by atoms with Gasteiger partial charge in [0.05, 0.1) is 0 Å². The SMILES string of the molecule is Brc1cccc(CCN2CC3CCC2C3)c1. The lowest BCUT2D eigenvalue weighted by Gasteiger charge is -2.26. The molecule has 2 unspecified atom stereocenters. The molecular formula is C14H18BrN. The highest BCUT2D eigenvalue weighted by Gasteiger charge is 2.36. The molecule has 1 aromatic rings. The molecule has 0 radical (unpaired) electrons. The van der Waals surface area contributed by atoms with Gasteiger partial charge in [0, 0.05) is 23.6 Å². The van der Waals surface area contributed by atoms with Crippen molar-refractivity contribution in [3.63, 3.8) is 0 Å². The molecule has 2 fully saturated rings. The van der Waals surface area contributed by atoms with E-state index in [0.29, 0.717) is 0 Å². The average Bonchev–Trinajstić information content (AvgIpc) is 2.88. The Labute approximate surface area is 106 Å². The Hall–Kier alpha value is -0.340. The van der Waals surface area contributed by atoms with E-state index in [-0.39, 0.29) is 0 Å². The van der Waals surface area contributed by atoms with Gasteiger partial charge in [-0.2, -0.15) is 0 Å². The van der Waals surface area contributed by atoms with Gasteiger partial charge in [-0.15, -0.1) is 0 Å². The van der Waals surface area contributed by atoms with Gasteiger partial charge in [-0.05, 0) is 49.3 Å². The van der Waals surface area contributed by atoms with Crippen molar-refractivity contribution in [2.45, 2.75) is 31.7 Å². The Kier molecular flexibility index (Phi) is 3.03. The van der Waals surface area contributed by atoms with Crippen LogP contribution < -0.4 is 0 Å². The van der Waals surface area contributed by atoms with Crippen LogP contribution in [0.25, 0.3) is 0 Å². The van der Waals surface area contributed by atoms with E-state index >= 15 is 0 Å². The lowest BCUT2D eigenvalue weighted by molar-refractivity contribution is 0.216. The molecule has 1 heterocycles. The standard InChI is InChI=1S/C14H18BrN/c15-13-3-1-2-11(8-13)6-7-16-10-12-4-5-14(16)9-12/h1-3,8,12,14H,4-7,9-10H2. The van der Waals surface area contributed by atoms with Crippen LogP contribution in [0, 0.1) is 5.92 Å². The topological polar surface area (TPSA) is 3.24 Å². The quantitative estimate of drug-likeness (QED) is 0.819. The van der Waals surface area contributed by atoms with Gasteiger partial charge in [-0.1, -0.05) is 28.1 Å². The Morgan fingerprint density at radius 3 is 2.94 bits per heavy atom. The van der Waals surface area contributed by atoms with E-state index in [1.54, 1.807) is 0 Å². The van der Waals surface area contributed by atoms with Gasteiger partial charge in [-0.3, -0.25) is 4.90 Å². The van der Waals surface area contributed by atoms with Gasteiger partial charge in [0.15, 0.2) is 0 Å². The number of halogens is 1. The van der Waals surface area contributed by atoms with E-state index in [1.807, 2.05) is 0 Å². The van der Waals surface area contributed by atoms with Crippen molar-refractivity contribution in [1.82, 2.24) is 4.90 Å². The maximum atomic E-state index is 3.53. The van der Waals surface area contributed by atoms with Crippen LogP contribution >= 0.6 is 15.9 Å². The third-order valence-electron chi connectivity index (χ3n) is 4.10. The smallest absolute Gasteiger partial charge is 0.0178 e. The molecule has 1 aromatic carbocycles. The van der Waals surface area contributed by atoms with E-state index in [1.165, 1.54) is 48.8 Å². The number of hydrogen-bond acceptors (Lipinski definition) is 1. The minimum Gasteiger partial charge on any atom is -0.300 e. The molecule has 16 heavy (non-hydrogen) atoms. The van der Waals surface area contributed by atoms with Crippen LogP contribution in [0.2, 0.25) is 0 Å². The second kappa shape index (κ2) is 4.50. The summed E-state index contributed by atoms with van der Waals surface area (Å²) in [6.45, 7) is 2.61. The molecule has 0 N–H and O–H groups in total. The summed E-state index contributed by atoms with van der Waals surface area (Å²) in [7, 11) is 0. The summed E-state index contributed by atoms with van der Waals surface area (Å²) < 4.78 is 1.20. The predicted octanol–water partition coefficient (Wildman–Crippen LogP) is 3.48. The van der Waals surface area contributed by atoms with Crippen molar-refractivity contribution in [3.05, 3.63) is 34.3 Å². The number of benzene rings is 1. The summed E-state index contributed by atoms with van der Waals surface area (Å²) in [5, 5.41) is 0. The average molecular weight is 280 g/mol. The van der Waals surface area contributed by atoms with Crippen molar-refractivity contribution < 1.29 is 0 Å². The zero-order valence-electron chi connectivity index (χ0n) is 9.53. The van der Waals surface area contributed by atoms with Gasteiger partial charge in [-0.25, -0.2) is 0 Å². The van der Waals surface area contributed by atoms with Crippen LogP contribution in [0.15, 0.2) is 28.7 Å². The lowest BCUT2D eigenvalue weighted by atomic mass is 10.1. The molecule has 1 aliphatic heterocycles. The molecule has 0 spiro atoms. The van der Waals surface area contributed by atoms with Crippen molar-refractivity contribution in [2.75, 3.05) is 13.1 Å². The maximum absolute atomic E-state index is 3.53. The van der Waals surface area contributed by atoms with E-state index < -0.39 is 0 Å². The first-order valence-electron chi connectivity index (χ1n) is 6.30.